The largest absolute Gasteiger partial charge is 0.491 e. The molecule has 0 heterocycles. The van der Waals surface area contributed by atoms with Gasteiger partial charge in [-0.1, -0.05) is 26.0 Å². The summed E-state index contributed by atoms with van der Waals surface area (Å²) in [7, 11) is 0. The number of carbonyl (C=O) groups is 1. The first-order valence-corrected chi connectivity index (χ1v) is 6.98. The van der Waals surface area contributed by atoms with Crippen molar-refractivity contribution in [3.8, 4) is 5.75 Å². The Morgan fingerprint density at radius 3 is 2.50 bits per heavy atom. The van der Waals surface area contributed by atoms with Gasteiger partial charge in [-0.3, -0.25) is 10.1 Å². The van der Waals surface area contributed by atoms with Crippen molar-refractivity contribution in [2.24, 2.45) is 0 Å². The van der Waals surface area contributed by atoms with Crippen LogP contribution in [0.25, 0.3) is 0 Å². The van der Waals surface area contributed by atoms with Crippen LogP contribution in [-0.2, 0) is 4.79 Å². The van der Waals surface area contributed by atoms with Crippen LogP contribution < -0.4 is 10.1 Å². The highest BCUT2D eigenvalue weighted by Crippen LogP contribution is 2.21. The summed E-state index contributed by atoms with van der Waals surface area (Å²) in [6.45, 7) is 9.78. The van der Waals surface area contributed by atoms with Crippen LogP contribution in [0, 0.1) is 0 Å². The van der Waals surface area contributed by atoms with Crippen LogP contribution in [0.15, 0.2) is 24.3 Å². The summed E-state index contributed by atoms with van der Waals surface area (Å²) in [4.78, 5) is 11.4. The molecule has 0 spiro atoms. The molecular weight excluding hydrogens is 254 g/mol. The zero-order valence-electron chi connectivity index (χ0n) is 12.9. The van der Waals surface area contributed by atoms with Gasteiger partial charge >= 0.3 is 5.97 Å². The lowest BCUT2D eigenvalue weighted by molar-refractivity contribution is -0.145. The summed E-state index contributed by atoms with van der Waals surface area (Å²) in [5, 5.41) is 12.4. The van der Waals surface area contributed by atoms with E-state index in [1.54, 1.807) is 6.92 Å². The molecule has 0 aliphatic carbocycles. The normalized spacial score (nSPS) is 14.3. The zero-order chi connectivity index (χ0) is 15.3. The molecule has 2 N–H and O–H groups in total. The van der Waals surface area contributed by atoms with Gasteiger partial charge in [0.2, 0.25) is 0 Å². The molecule has 1 unspecified atom stereocenters. The summed E-state index contributed by atoms with van der Waals surface area (Å²) in [6.07, 6.45) is 0. The monoisotopic (exact) mass is 279 g/mol. The van der Waals surface area contributed by atoms with Gasteiger partial charge in [0.15, 0.2) is 0 Å². The number of carboxylic acids is 1. The Bertz CT molecular complexity index is 457. The van der Waals surface area contributed by atoms with Crippen LogP contribution in [0.4, 0.5) is 0 Å². The number of hydrogen-bond acceptors (Lipinski definition) is 3. The maximum absolute atomic E-state index is 11.4. The third-order valence-electron chi connectivity index (χ3n) is 3.13. The van der Waals surface area contributed by atoms with Crippen molar-refractivity contribution in [3.05, 3.63) is 29.8 Å². The average Bonchev–Trinajstić information content (AvgIpc) is 2.35. The third-order valence-corrected chi connectivity index (χ3v) is 3.13. The number of rotatable bonds is 7. The van der Waals surface area contributed by atoms with E-state index in [9.17, 15) is 9.90 Å². The molecule has 1 aromatic rings. The highest BCUT2D eigenvalue weighted by atomic mass is 16.5. The Balaban J connectivity index is 2.77. The van der Waals surface area contributed by atoms with Gasteiger partial charge in [-0.05, 0) is 44.4 Å². The molecule has 0 radical (unpaired) electrons. The van der Waals surface area contributed by atoms with Gasteiger partial charge in [-0.15, -0.1) is 0 Å². The molecule has 1 rings (SSSR count). The van der Waals surface area contributed by atoms with Gasteiger partial charge in [0.25, 0.3) is 0 Å². The summed E-state index contributed by atoms with van der Waals surface area (Å²) in [5.74, 6) is 0.207. The summed E-state index contributed by atoms with van der Waals surface area (Å²) < 4.78 is 5.68. The Hall–Kier alpha value is -1.55. The maximum Gasteiger partial charge on any atom is 0.327 e. The molecular formula is C16H25NO3. The van der Waals surface area contributed by atoms with E-state index < -0.39 is 11.5 Å². The molecule has 20 heavy (non-hydrogen) atoms. The van der Waals surface area contributed by atoms with Gasteiger partial charge in [0.1, 0.15) is 17.9 Å². The quantitative estimate of drug-likeness (QED) is 0.805. The minimum Gasteiger partial charge on any atom is -0.491 e. The lowest BCUT2D eigenvalue weighted by Crippen LogP contribution is -2.56. The molecule has 0 amide bonds. The fourth-order valence-electron chi connectivity index (χ4n) is 1.99. The number of benzene rings is 1. The van der Waals surface area contributed by atoms with Gasteiger partial charge in [-0.2, -0.15) is 0 Å². The van der Waals surface area contributed by atoms with Crippen molar-refractivity contribution in [2.75, 3.05) is 6.61 Å². The second kappa shape index (κ2) is 6.75. The van der Waals surface area contributed by atoms with Crippen molar-refractivity contribution in [2.45, 2.75) is 52.1 Å². The van der Waals surface area contributed by atoms with Crippen LogP contribution in [0.1, 0.15) is 46.1 Å². The van der Waals surface area contributed by atoms with Crippen LogP contribution in [0.3, 0.4) is 0 Å². The molecule has 0 aliphatic rings. The molecule has 0 bridgehead atoms. The molecule has 1 aromatic carbocycles. The van der Waals surface area contributed by atoms with E-state index >= 15 is 0 Å². The van der Waals surface area contributed by atoms with Gasteiger partial charge in [0, 0.05) is 6.04 Å². The molecule has 0 fully saturated rings. The molecule has 112 valence electrons. The van der Waals surface area contributed by atoms with Gasteiger partial charge in [0.05, 0.1) is 0 Å². The lowest BCUT2D eigenvalue weighted by atomic mass is 10.0. The number of nitrogens with one attached hydrogen (secondary N) is 1. The third kappa shape index (κ3) is 4.53. The van der Waals surface area contributed by atoms with E-state index in [1.165, 1.54) is 5.56 Å². The van der Waals surface area contributed by atoms with Crippen LogP contribution in [0.5, 0.6) is 5.75 Å². The second-order valence-electron chi connectivity index (χ2n) is 5.95. The molecule has 1 atom stereocenters. The lowest BCUT2D eigenvalue weighted by Gasteiger charge is -2.28. The zero-order valence-corrected chi connectivity index (χ0v) is 12.9. The minimum atomic E-state index is -1.10. The van der Waals surface area contributed by atoms with Crippen molar-refractivity contribution in [3.63, 3.8) is 0 Å². The van der Waals surface area contributed by atoms with Crippen molar-refractivity contribution >= 4 is 5.97 Å². The minimum absolute atomic E-state index is 0.0710. The smallest absolute Gasteiger partial charge is 0.327 e. The average molecular weight is 279 g/mol. The Morgan fingerprint density at radius 2 is 2.00 bits per heavy atom. The highest BCUT2D eigenvalue weighted by Gasteiger charge is 2.34. The van der Waals surface area contributed by atoms with E-state index in [4.69, 9.17) is 4.74 Å². The Morgan fingerprint density at radius 1 is 1.35 bits per heavy atom. The SMILES string of the molecule is CC(C)NC(C)(COc1cccc(C(C)C)c1)C(=O)O. The molecule has 0 aliphatic heterocycles. The van der Waals surface area contributed by atoms with E-state index in [1.807, 2.05) is 38.1 Å². The number of ether oxygens (including phenoxy) is 1. The Labute approximate surface area is 121 Å². The van der Waals surface area contributed by atoms with Crippen LogP contribution in [0.2, 0.25) is 0 Å². The highest BCUT2D eigenvalue weighted by molar-refractivity contribution is 5.78. The molecule has 4 heteroatoms. The molecule has 0 saturated carbocycles. The van der Waals surface area contributed by atoms with E-state index in [0.717, 1.165) is 0 Å². The number of hydrogen-bond donors (Lipinski definition) is 2. The van der Waals surface area contributed by atoms with Crippen LogP contribution >= 0.6 is 0 Å². The first kappa shape index (κ1) is 16.5. The topological polar surface area (TPSA) is 58.6 Å². The van der Waals surface area contributed by atoms with Crippen molar-refractivity contribution in [1.82, 2.24) is 5.32 Å². The van der Waals surface area contributed by atoms with Gasteiger partial charge in [-0.25, -0.2) is 0 Å². The van der Waals surface area contributed by atoms with Crippen LogP contribution in [-0.4, -0.2) is 29.3 Å². The summed E-state index contributed by atoms with van der Waals surface area (Å²) >= 11 is 0. The first-order chi connectivity index (χ1) is 9.24. The Kier molecular flexibility index (Phi) is 5.57. The summed E-state index contributed by atoms with van der Waals surface area (Å²) in [6, 6.07) is 7.85. The first-order valence-electron chi connectivity index (χ1n) is 6.98. The van der Waals surface area contributed by atoms with E-state index in [2.05, 4.69) is 19.2 Å². The predicted molar refractivity (Wildman–Crippen MR) is 80.3 cm³/mol. The summed E-state index contributed by atoms with van der Waals surface area (Å²) in [5.41, 5.74) is 0.0819. The van der Waals surface area contributed by atoms with E-state index in [-0.39, 0.29) is 12.6 Å². The number of carboxylic acid groups (broad SMARTS) is 1. The fourth-order valence-corrected chi connectivity index (χ4v) is 1.99. The second-order valence-corrected chi connectivity index (χ2v) is 5.95. The maximum atomic E-state index is 11.4. The van der Waals surface area contributed by atoms with Gasteiger partial charge < -0.3 is 9.84 Å². The van der Waals surface area contributed by atoms with Crippen molar-refractivity contribution < 1.29 is 14.6 Å². The molecule has 4 nitrogen and oxygen atoms in total. The standard InChI is InChI=1S/C16H25NO3/c1-11(2)13-7-6-8-14(9-13)20-10-16(5,15(18)19)17-12(3)4/h6-9,11-12,17H,10H2,1-5H3,(H,18,19). The fraction of sp³-hybridized carbons (Fsp3) is 0.562. The predicted octanol–water partition coefficient (Wildman–Crippen LogP) is 3.03. The van der Waals surface area contributed by atoms with Crippen molar-refractivity contribution in [1.29, 1.82) is 0 Å². The molecule has 0 aromatic heterocycles. The van der Waals surface area contributed by atoms with E-state index in [0.29, 0.717) is 11.7 Å². The molecule has 0 saturated heterocycles. The number of aliphatic carboxylic acids is 1.